The van der Waals surface area contributed by atoms with Gasteiger partial charge in [-0.3, -0.25) is 0 Å². The van der Waals surface area contributed by atoms with Crippen LogP contribution in [-0.2, 0) is 9.53 Å². The molecule has 1 aromatic rings. The van der Waals surface area contributed by atoms with Gasteiger partial charge in [0.15, 0.2) is 11.5 Å². The van der Waals surface area contributed by atoms with Crippen LogP contribution in [0.1, 0.15) is 239 Å². The summed E-state index contributed by atoms with van der Waals surface area (Å²) in [5.74, 6) is 1.82. The van der Waals surface area contributed by atoms with E-state index in [4.69, 9.17) is 18.9 Å². The third-order valence-electron chi connectivity index (χ3n) is 10.6. The first-order chi connectivity index (χ1) is 26.5. The average Bonchev–Trinajstić information content (AvgIpc) is 3.17. The molecule has 1 atom stereocenters. The van der Waals surface area contributed by atoms with Crippen LogP contribution in [0.2, 0.25) is 0 Å². The lowest BCUT2D eigenvalue weighted by molar-refractivity contribution is -0.142. The van der Waals surface area contributed by atoms with Crippen LogP contribution in [0.15, 0.2) is 18.2 Å². The number of hydrogen-bond acceptors (Lipinski definition) is 5. The minimum absolute atomic E-state index is 0.108. The number of benzene rings is 1. The third-order valence-corrected chi connectivity index (χ3v) is 10.6. The Balaban J connectivity index is 2.88. The minimum Gasteiger partial charge on any atom is -0.490 e. The molecule has 314 valence electrons. The standard InChI is InChI=1S/C49H88O5/c1-6-10-13-16-19-22-25-28-31-34-39-51-46-42-45(37-38-48(50)54-44(5)9-4)43-47(52-40-35-32-29-26-23-20-17-14-11-7-2)49(46)53-41-36-33-30-27-24-21-18-15-12-8-3/h37-38,42-44H,6-36,39-41H2,1-5H3. The molecule has 5 heteroatoms. The van der Waals surface area contributed by atoms with E-state index >= 15 is 0 Å². The van der Waals surface area contributed by atoms with Gasteiger partial charge in [0.05, 0.1) is 25.9 Å². The highest BCUT2D eigenvalue weighted by Gasteiger charge is 2.16. The molecule has 1 unspecified atom stereocenters. The Bertz CT molecular complexity index is 957. The molecule has 1 aromatic carbocycles. The molecule has 0 N–H and O–H groups in total. The van der Waals surface area contributed by atoms with Crippen LogP contribution in [0, 0.1) is 0 Å². The van der Waals surface area contributed by atoms with Crippen molar-refractivity contribution in [3.05, 3.63) is 23.8 Å². The molecule has 1 rings (SSSR count). The summed E-state index contributed by atoms with van der Waals surface area (Å²) >= 11 is 0. The maximum atomic E-state index is 12.5. The fourth-order valence-electron chi connectivity index (χ4n) is 6.84. The predicted octanol–water partition coefficient (Wildman–Crippen LogP) is 15.9. The minimum atomic E-state index is -0.328. The van der Waals surface area contributed by atoms with Crippen LogP contribution in [0.25, 0.3) is 6.08 Å². The fourth-order valence-corrected chi connectivity index (χ4v) is 6.84. The number of carbonyl (C=O) groups excluding carboxylic acids is 1. The van der Waals surface area contributed by atoms with E-state index in [2.05, 4.69) is 20.8 Å². The highest BCUT2D eigenvalue weighted by atomic mass is 16.5. The van der Waals surface area contributed by atoms with Gasteiger partial charge in [-0.1, -0.05) is 201 Å². The van der Waals surface area contributed by atoms with Crippen LogP contribution in [0.4, 0.5) is 0 Å². The van der Waals surface area contributed by atoms with Crippen molar-refractivity contribution in [2.75, 3.05) is 19.8 Å². The summed E-state index contributed by atoms with van der Waals surface area (Å²) in [5.41, 5.74) is 0.860. The van der Waals surface area contributed by atoms with E-state index in [0.717, 1.165) is 31.2 Å². The quantitative estimate of drug-likeness (QED) is 0.0379. The van der Waals surface area contributed by atoms with Gasteiger partial charge in [0.25, 0.3) is 0 Å². The number of hydrogen-bond donors (Lipinski definition) is 0. The van der Waals surface area contributed by atoms with E-state index in [1.165, 1.54) is 179 Å². The molecule has 0 radical (unpaired) electrons. The maximum absolute atomic E-state index is 12.5. The van der Waals surface area contributed by atoms with Gasteiger partial charge in [-0.25, -0.2) is 4.79 Å². The number of unbranched alkanes of at least 4 members (excludes halogenated alkanes) is 27. The van der Waals surface area contributed by atoms with Crippen molar-refractivity contribution in [2.45, 2.75) is 240 Å². The largest absolute Gasteiger partial charge is 0.490 e. The number of rotatable bonds is 40. The first-order valence-electron chi connectivity index (χ1n) is 23.5. The van der Waals surface area contributed by atoms with Crippen molar-refractivity contribution >= 4 is 12.0 Å². The zero-order chi connectivity index (χ0) is 39.2. The normalized spacial score (nSPS) is 12.0. The molecule has 0 aliphatic heterocycles. The second-order valence-electron chi connectivity index (χ2n) is 15.9. The number of ether oxygens (including phenoxy) is 4. The van der Waals surface area contributed by atoms with Gasteiger partial charge in [-0.05, 0) is 56.4 Å². The summed E-state index contributed by atoms with van der Waals surface area (Å²) in [4.78, 5) is 12.5. The van der Waals surface area contributed by atoms with E-state index in [9.17, 15) is 4.79 Å². The lowest BCUT2D eigenvalue weighted by Gasteiger charge is -2.18. The summed E-state index contributed by atoms with van der Waals surface area (Å²) in [6, 6.07) is 4.01. The van der Waals surface area contributed by atoms with Crippen molar-refractivity contribution in [3.63, 3.8) is 0 Å². The zero-order valence-corrected chi connectivity index (χ0v) is 36.5. The highest BCUT2D eigenvalue weighted by molar-refractivity contribution is 5.87. The number of esters is 1. The Labute approximate surface area is 335 Å². The summed E-state index contributed by atoms with van der Waals surface area (Å²) in [5, 5.41) is 0. The Hall–Kier alpha value is -2.17. The lowest BCUT2D eigenvalue weighted by Crippen LogP contribution is -2.11. The molecule has 0 amide bonds. The van der Waals surface area contributed by atoms with E-state index in [1.54, 1.807) is 0 Å². The first kappa shape index (κ1) is 49.8. The van der Waals surface area contributed by atoms with Crippen molar-refractivity contribution in [2.24, 2.45) is 0 Å². The van der Waals surface area contributed by atoms with Crippen molar-refractivity contribution in [1.82, 2.24) is 0 Å². The summed E-state index contributed by atoms with van der Waals surface area (Å²) in [6.07, 6.45) is 42.7. The van der Waals surface area contributed by atoms with E-state index in [-0.39, 0.29) is 12.1 Å². The summed E-state index contributed by atoms with van der Waals surface area (Å²) < 4.78 is 25.0. The van der Waals surface area contributed by atoms with Crippen molar-refractivity contribution in [3.8, 4) is 17.2 Å². The summed E-state index contributed by atoms with van der Waals surface area (Å²) in [6.45, 7) is 12.7. The molecular weight excluding hydrogens is 669 g/mol. The molecule has 54 heavy (non-hydrogen) atoms. The lowest BCUT2D eigenvalue weighted by atomic mass is 10.1. The molecule has 0 bridgehead atoms. The van der Waals surface area contributed by atoms with Gasteiger partial charge >= 0.3 is 5.97 Å². The Kier molecular flexibility index (Phi) is 34.8. The van der Waals surface area contributed by atoms with Crippen LogP contribution < -0.4 is 14.2 Å². The highest BCUT2D eigenvalue weighted by Crippen LogP contribution is 2.40. The van der Waals surface area contributed by atoms with Crippen LogP contribution in [-0.4, -0.2) is 31.9 Å². The van der Waals surface area contributed by atoms with E-state index in [0.29, 0.717) is 37.1 Å². The third kappa shape index (κ3) is 29.2. The Morgan fingerprint density at radius 1 is 0.481 bits per heavy atom. The first-order valence-corrected chi connectivity index (χ1v) is 23.5. The topological polar surface area (TPSA) is 54.0 Å². The molecule has 0 spiro atoms. The zero-order valence-electron chi connectivity index (χ0n) is 36.5. The average molecular weight is 757 g/mol. The van der Waals surface area contributed by atoms with Gasteiger partial charge in [-0.15, -0.1) is 0 Å². The smallest absolute Gasteiger partial charge is 0.331 e. The second-order valence-corrected chi connectivity index (χ2v) is 15.9. The molecule has 0 aromatic heterocycles. The SMILES string of the molecule is CCCCCCCCCCCCOc1cc(C=CC(=O)OC(C)CC)cc(OCCCCCCCCCCCC)c1OCCCCCCCCCCCC. The van der Waals surface area contributed by atoms with Gasteiger partial charge in [-0.2, -0.15) is 0 Å². The molecule has 0 aliphatic carbocycles. The molecule has 0 saturated carbocycles. The van der Waals surface area contributed by atoms with Gasteiger partial charge in [0.1, 0.15) is 0 Å². The second kappa shape index (κ2) is 37.7. The van der Waals surface area contributed by atoms with E-state index < -0.39 is 0 Å². The van der Waals surface area contributed by atoms with Crippen molar-refractivity contribution < 1.29 is 23.7 Å². The molecule has 0 fully saturated rings. The molecule has 0 saturated heterocycles. The molecular formula is C49H88O5. The number of carbonyl (C=O) groups is 1. The van der Waals surface area contributed by atoms with Crippen LogP contribution in [0.5, 0.6) is 17.2 Å². The monoisotopic (exact) mass is 757 g/mol. The van der Waals surface area contributed by atoms with Gasteiger partial charge in [0, 0.05) is 6.08 Å². The van der Waals surface area contributed by atoms with Crippen LogP contribution >= 0.6 is 0 Å². The Morgan fingerprint density at radius 3 is 1.13 bits per heavy atom. The van der Waals surface area contributed by atoms with Crippen LogP contribution in [0.3, 0.4) is 0 Å². The molecule has 5 nitrogen and oxygen atoms in total. The molecule has 0 aliphatic rings. The van der Waals surface area contributed by atoms with Crippen molar-refractivity contribution in [1.29, 1.82) is 0 Å². The Morgan fingerprint density at radius 2 is 0.796 bits per heavy atom. The van der Waals surface area contributed by atoms with E-state index in [1.807, 2.05) is 32.1 Å². The molecule has 0 heterocycles. The van der Waals surface area contributed by atoms with Gasteiger partial charge < -0.3 is 18.9 Å². The summed E-state index contributed by atoms with van der Waals surface area (Å²) in [7, 11) is 0. The van der Waals surface area contributed by atoms with Gasteiger partial charge in [0.2, 0.25) is 5.75 Å². The fraction of sp³-hybridized carbons (Fsp3) is 0.816. The maximum Gasteiger partial charge on any atom is 0.331 e. The predicted molar refractivity (Wildman–Crippen MR) is 233 cm³/mol.